The molecule has 2 spiro atoms. The topological polar surface area (TPSA) is 210 Å². The van der Waals surface area contributed by atoms with Crippen molar-refractivity contribution in [2.45, 2.75) is 25.7 Å². The minimum atomic E-state index is -2.33. The molecule has 11 nitrogen and oxygen atoms in total. The van der Waals surface area contributed by atoms with Crippen LogP contribution in [-0.4, -0.2) is 71.1 Å². The molecule has 4 fully saturated rings. The molecule has 4 bridgehead atoms. The van der Waals surface area contributed by atoms with E-state index in [1.807, 2.05) is 0 Å². The van der Waals surface area contributed by atoms with Crippen molar-refractivity contribution >= 4 is 34.7 Å². The molecule has 0 unspecified atom stereocenters. The van der Waals surface area contributed by atoms with Crippen molar-refractivity contribution in [1.29, 1.82) is 0 Å². The predicted molar refractivity (Wildman–Crippen MR) is 135 cm³/mol. The maximum atomic E-state index is 14.6. The number of fused-ring (bicyclic) bond motifs is 4. The van der Waals surface area contributed by atoms with E-state index in [-0.39, 0.29) is 22.3 Å². The molecule has 2 aromatic carbocycles. The lowest BCUT2D eigenvalue weighted by molar-refractivity contribution is -0.142. The van der Waals surface area contributed by atoms with Crippen molar-refractivity contribution in [3.8, 4) is 11.5 Å². The van der Waals surface area contributed by atoms with E-state index in [1.54, 1.807) is 6.92 Å². The fraction of sp³-hybridized carbons (Fsp3) is 0.333. The minimum Gasteiger partial charge on any atom is -0.507 e. The first-order chi connectivity index (χ1) is 19.4. The van der Waals surface area contributed by atoms with Gasteiger partial charge in [-0.2, -0.15) is 0 Å². The lowest BCUT2D eigenvalue weighted by Gasteiger charge is -2.53. The Morgan fingerprint density at radius 3 is 1.59 bits per heavy atom. The SMILES string of the molecule is Cc1cc(O)c2c(c1)C(=O)[C@]13C(=C2O)C(=O)[C@@H]2[C@@H](O)[C@H]1[C@@H]1[C@H](O)[C@H]3C(=O)C3=C(O)c4c(O)cc(CO)cc4C(=O)[C@]312. The van der Waals surface area contributed by atoms with Gasteiger partial charge in [-0.3, -0.25) is 19.2 Å². The van der Waals surface area contributed by atoms with Crippen LogP contribution in [0.15, 0.2) is 35.4 Å². The second kappa shape index (κ2) is 6.93. The number of aryl methyl sites for hydroxylation is 1. The Morgan fingerprint density at radius 1 is 0.683 bits per heavy atom. The van der Waals surface area contributed by atoms with Gasteiger partial charge in [-0.15, -0.1) is 0 Å². The van der Waals surface area contributed by atoms with Gasteiger partial charge in [-0.1, -0.05) is 0 Å². The molecule has 4 saturated carbocycles. The Kier molecular flexibility index (Phi) is 4.14. The number of benzene rings is 2. The molecule has 7 N–H and O–H groups in total. The van der Waals surface area contributed by atoms with Crippen LogP contribution in [0.5, 0.6) is 11.5 Å². The summed E-state index contributed by atoms with van der Waals surface area (Å²) in [6.45, 7) is 0.981. The molecule has 0 aliphatic heterocycles. The molecule has 2 aromatic rings. The van der Waals surface area contributed by atoms with Gasteiger partial charge in [0.05, 0.1) is 63.8 Å². The molecule has 0 radical (unpaired) electrons. The third-order valence-electron chi connectivity index (χ3n) is 10.5. The fourth-order valence-electron chi connectivity index (χ4n) is 9.52. The second-order valence-electron chi connectivity index (χ2n) is 12.0. The first kappa shape index (κ1) is 24.5. The molecule has 0 amide bonds. The Hall–Kier alpha value is -4.32. The molecule has 8 rings (SSSR count). The van der Waals surface area contributed by atoms with E-state index >= 15 is 0 Å². The number of Topliss-reactive ketones (excluding diaryl/α,β-unsaturated/α-hetero) is 4. The number of aliphatic hydroxyl groups is 5. The normalized spacial score (nSPS) is 37.5. The van der Waals surface area contributed by atoms with Crippen molar-refractivity contribution in [1.82, 2.24) is 0 Å². The van der Waals surface area contributed by atoms with Gasteiger partial charge in [-0.05, 0) is 42.3 Å². The van der Waals surface area contributed by atoms with Crippen LogP contribution in [0.25, 0.3) is 11.5 Å². The highest BCUT2D eigenvalue weighted by molar-refractivity contribution is 6.30. The molecular formula is C30H22O11. The van der Waals surface area contributed by atoms with E-state index in [9.17, 15) is 54.9 Å². The standard InChI is InChI=1S/C30H22O11/c1-7-2-9-13(11(32)3-7)21(34)17-25(38)20-23(36)15-16-24(37)19(29(15,17)27(9)40)26(39)18-22(35)14-10(28(41)30(16,18)20)4-8(6-31)5-12(14)33/h2-5,15-16,19-20,23-24,31-37H,6H2,1H3/t15-,16-,19+,20+,23+,24+,29+,30+/m1/s1. The zero-order chi connectivity index (χ0) is 29.2. The number of hydrogen-bond acceptors (Lipinski definition) is 11. The number of allylic oxidation sites excluding steroid dienone is 2. The molecule has 8 atom stereocenters. The number of phenolic OH excluding ortho intramolecular Hbond substituents is 2. The number of hydrogen-bond donors (Lipinski definition) is 7. The summed E-state index contributed by atoms with van der Waals surface area (Å²) in [6, 6.07) is 4.95. The minimum absolute atomic E-state index is 0.0871. The molecule has 208 valence electrons. The maximum absolute atomic E-state index is 14.6. The van der Waals surface area contributed by atoms with Crippen LogP contribution in [0.2, 0.25) is 0 Å². The quantitative estimate of drug-likeness (QED) is 0.261. The summed E-state index contributed by atoms with van der Waals surface area (Å²) in [7, 11) is 0. The Labute approximate surface area is 230 Å². The molecule has 11 heteroatoms. The van der Waals surface area contributed by atoms with Crippen molar-refractivity contribution in [3.05, 3.63) is 68.8 Å². The summed E-state index contributed by atoms with van der Waals surface area (Å²) in [6.07, 6.45) is -3.47. The van der Waals surface area contributed by atoms with E-state index in [4.69, 9.17) is 0 Å². The number of rotatable bonds is 1. The number of carbonyl (C=O) groups excluding carboxylic acids is 4. The summed E-state index contributed by atoms with van der Waals surface area (Å²) in [5.74, 6) is -12.9. The molecule has 6 aliphatic rings. The van der Waals surface area contributed by atoms with Crippen LogP contribution in [-0.2, 0) is 16.2 Å². The average Bonchev–Trinajstić information content (AvgIpc) is 3.26. The highest BCUT2D eigenvalue weighted by atomic mass is 16.3. The Morgan fingerprint density at radius 2 is 1.12 bits per heavy atom. The van der Waals surface area contributed by atoms with Gasteiger partial charge in [0.25, 0.3) is 0 Å². The van der Waals surface area contributed by atoms with E-state index in [2.05, 4.69) is 0 Å². The summed E-state index contributed by atoms with van der Waals surface area (Å²) >= 11 is 0. The van der Waals surface area contributed by atoms with Crippen molar-refractivity contribution in [2.24, 2.45) is 34.5 Å². The van der Waals surface area contributed by atoms with E-state index < -0.39 is 116 Å². The van der Waals surface area contributed by atoms with Crippen molar-refractivity contribution < 1.29 is 54.9 Å². The first-order valence-electron chi connectivity index (χ1n) is 13.1. The van der Waals surface area contributed by atoms with Crippen LogP contribution in [0, 0.1) is 41.4 Å². The molecule has 6 aliphatic carbocycles. The van der Waals surface area contributed by atoms with Crippen molar-refractivity contribution in [3.63, 3.8) is 0 Å². The third-order valence-corrected chi connectivity index (χ3v) is 10.5. The summed E-state index contributed by atoms with van der Waals surface area (Å²) in [5, 5.41) is 77.6. The summed E-state index contributed by atoms with van der Waals surface area (Å²) < 4.78 is 0. The van der Waals surface area contributed by atoms with Crippen LogP contribution in [0.3, 0.4) is 0 Å². The lowest BCUT2D eigenvalue weighted by Crippen LogP contribution is -2.65. The zero-order valence-corrected chi connectivity index (χ0v) is 21.2. The van der Waals surface area contributed by atoms with Crippen LogP contribution >= 0.6 is 0 Å². The molecule has 41 heavy (non-hydrogen) atoms. The van der Waals surface area contributed by atoms with Gasteiger partial charge in [-0.25, -0.2) is 0 Å². The number of ketones is 4. The van der Waals surface area contributed by atoms with Gasteiger partial charge < -0.3 is 35.7 Å². The van der Waals surface area contributed by atoms with Crippen LogP contribution in [0.1, 0.15) is 43.0 Å². The van der Waals surface area contributed by atoms with Crippen LogP contribution in [0.4, 0.5) is 0 Å². The Balaban J connectivity index is 1.54. The van der Waals surface area contributed by atoms with Gasteiger partial charge >= 0.3 is 0 Å². The highest BCUT2D eigenvalue weighted by Gasteiger charge is 2.89. The third kappa shape index (κ3) is 2.14. The first-order valence-corrected chi connectivity index (χ1v) is 13.1. The highest BCUT2D eigenvalue weighted by Crippen LogP contribution is 2.80. The van der Waals surface area contributed by atoms with Gasteiger partial charge in [0.1, 0.15) is 23.0 Å². The molecular weight excluding hydrogens is 536 g/mol. The van der Waals surface area contributed by atoms with Gasteiger partial charge in [0.2, 0.25) is 0 Å². The zero-order valence-electron chi connectivity index (χ0n) is 21.2. The average molecular weight is 558 g/mol. The van der Waals surface area contributed by atoms with E-state index in [1.165, 1.54) is 18.2 Å². The maximum Gasteiger partial charge on any atom is 0.175 e. The van der Waals surface area contributed by atoms with Gasteiger partial charge in [0, 0.05) is 23.0 Å². The smallest absolute Gasteiger partial charge is 0.175 e. The molecule has 0 saturated heterocycles. The number of aromatic hydroxyl groups is 2. The Bertz CT molecular complexity index is 1830. The molecule has 0 aromatic heterocycles. The summed E-state index contributed by atoms with van der Waals surface area (Å²) in [4.78, 5) is 57.9. The summed E-state index contributed by atoms with van der Waals surface area (Å²) in [5.41, 5.74) is -6.47. The van der Waals surface area contributed by atoms with E-state index in [0.717, 1.165) is 6.07 Å². The largest absolute Gasteiger partial charge is 0.507 e. The lowest BCUT2D eigenvalue weighted by atomic mass is 9.46. The molecule has 0 heterocycles. The predicted octanol–water partition coefficient (Wildman–Crippen LogP) is 0.882. The monoisotopic (exact) mass is 558 g/mol. The van der Waals surface area contributed by atoms with Crippen molar-refractivity contribution in [2.75, 3.05) is 0 Å². The fourth-order valence-corrected chi connectivity index (χ4v) is 9.52. The number of carbonyl (C=O) groups is 4. The number of aliphatic hydroxyl groups excluding tert-OH is 5. The van der Waals surface area contributed by atoms with Gasteiger partial charge in [0.15, 0.2) is 23.1 Å². The number of phenols is 2. The van der Waals surface area contributed by atoms with E-state index in [0.29, 0.717) is 5.56 Å². The van der Waals surface area contributed by atoms with Crippen LogP contribution < -0.4 is 0 Å². The second-order valence-corrected chi connectivity index (χ2v) is 12.0.